The molecule has 2 heteroatoms. The van der Waals surface area contributed by atoms with Gasteiger partial charge in [-0.2, -0.15) is 0 Å². The Morgan fingerprint density at radius 1 is 0.947 bits per heavy atom. The molecule has 0 saturated carbocycles. The third-order valence-electron chi connectivity index (χ3n) is 3.36. The predicted octanol–water partition coefficient (Wildman–Crippen LogP) is 3.92. The van der Waals surface area contributed by atoms with Crippen LogP contribution in [0.4, 0.5) is 0 Å². The Bertz CT molecular complexity index is 703. The summed E-state index contributed by atoms with van der Waals surface area (Å²) in [5.41, 5.74) is 10.6. The van der Waals surface area contributed by atoms with E-state index in [-0.39, 0.29) is 6.04 Å². The first kappa shape index (κ1) is 11.9. The summed E-state index contributed by atoms with van der Waals surface area (Å²) in [4.78, 5) is 4.51. The van der Waals surface area contributed by atoms with E-state index in [1.807, 2.05) is 37.4 Å². The van der Waals surface area contributed by atoms with E-state index >= 15 is 0 Å². The first-order valence-corrected chi connectivity index (χ1v) is 6.46. The SMILES string of the molecule is CC(N)c1cnc2ccccc2c1-c1ccccc1. The van der Waals surface area contributed by atoms with E-state index in [0.717, 1.165) is 16.5 Å². The number of hydrogen-bond acceptors (Lipinski definition) is 2. The van der Waals surface area contributed by atoms with Crippen LogP contribution in [0.15, 0.2) is 60.8 Å². The molecule has 0 bridgehead atoms. The molecule has 1 atom stereocenters. The van der Waals surface area contributed by atoms with Crippen LogP contribution < -0.4 is 5.73 Å². The van der Waals surface area contributed by atoms with Crippen LogP contribution in [-0.4, -0.2) is 4.98 Å². The van der Waals surface area contributed by atoms with E-state index in [2.05, 4.69) is 35.3 Å². The maximum atomic E-state index is 6.10. The minimum absolute atomic E-state index is 0.0349. The van der Waals surface area contributed by atoms with Gasteiger partial charge in [-0.3, -0.25) is 4.98 Å². The zero-order valence-electron chi connectivity index (χ0n) is 10.9. The Kier molecular flexibility index (Phi) is 3.02. The average Bonchev–Trinajstić information content (AvgIpc) is 2.46. The number of aromatic nitrogens is 1. The van der Waals surface area contributed by atoms with Crippen molar-refractivity contribution in [1.82, 2.24) is 4.98 Å². The Morgan fingerprint density at radius 2 is 1.63 bits per heavy atom. The molecule has 94 valence electrons. The molecule has 0 spiro atoms. The van der Waals surface area contributed by atoms with Gasteiger partial charge in [-0.25, -0.2) is 0 Å². The van der Waals surface area contributed by atoms with Crippen LogP contribution in [0, 0.1) is 0 Å². The highest BCUT2D eigenvalue weighted by molar-refractivity contribution is 5.96. The highest BCUT2D eigenvalue weighted by Gasteiger charge is 2.13. The summed E-state index contributed by atoms with van der Waals surface area (Å²) in [5.74, 6) is 0. The lowest BCUT2D eigenvalue weighted by Crippen LogP contribution is -2.07. The fraction of sp³-hybridized carbons (Fsp3) is 0.118. The molecule has 1 heterocycles. The first-order chi connectivity index (χ1) is 9.27. The van der Waals surface area contributed by atoms with Crippen molar-refractivity contribution >= 4 is 10.9 Å². The van der Waals surface area contributed by atoms with Crippen LogP contribution >= 0.6 is 0 Å². The summed E-state index contributed by atoms with van der Waals surface area (Å²) >= 11 is 0. The molecule has 1 aromatic heterocycles. The standard InChI is InChI=1S/C17H16N2/c1-12(18)15-11-19-16-10-6-5-9-14(16)17(15)13-7-3-2-4-8-13/h2-12H,18H2,1H3. The van der Waals surface area contributed by atoms with E-state index in [0.29, 0.717) is 0 Å². The van der Waals surface area contributed by atoms with Crippen LogP contribution in [0.5, 0.6) is 0 Å². The monoisotopic (exact) mass is 248 g/mol. The predicted molar refractivity (Wildman–Crippen MR) is 79.8 cm³/mol. The second kappa shape index (κ2) is 4.82. The Balaban J connectivity index is 2.39. The highest BCUT2D eigenvalue weighted by Crippen LogP contribution is 2.33. The molecule has 0 radical (unpaired) electrons. The van der Waals surface area contributed by atoms with Crippen LogP contribution in [0.1, 0.15) is 18.5 Å². The average molecular weight is 248 g/mol. The minimum atomic E-state index is -0.0349. The van der Waals surface area contributed by atoms with Crippen LogP contribution in [0.2, 0.25) is 0 Å². The molecule has 0 saturated heterocycles. The number of nitrogens with zero attached hydrogens (tertiary/aromatic N) is 1. The summed E-state index contributed by atoms with van der Waals surface area (Å²) in [5, 5.41) is 1.16. The van der Waals surface area contributed by atoms with Gasteiger partial charge in [0.2, 0.25) is 0 Å². The van der Waals surface area contributed by atoms with Crippen molar-refractivity contribution in [2.24, 2.45) is 5.73 Å². The fourth-order valence-electron chi connectivity index (χ4n) is 2.43. The van der Waals surface area contributed by atoms with Gasteiger partial charge in [-0.1, -0.05) is 48.5 Å². The van der Waals surface area contributed by atoms with Gasteiger partial charge in [0.1, 0.15) is 0 Å². The Labute approximate surface area is 112 Å². The summed E-state index contributed by atoms with van der Waals surface area (Å²) < 4.78 is 0. The molecule has 3 aromatic rings. The summed E-state index contributed by atoms with van der Waals surface area (Å²) in [6.45, 7) is 2.00. The molecule has 0 aliphatic heterocycles. The smallest absolute Gasteiger partial charge is 0.0708 e. The van der Waals surface area contributed by atoms with Gasteiger partial charge in [0.15, 0.2) is 0 Å². The number of benzene rings is 2. The van der Waals surface area contributed by atoms with Gasteiger partial charge < -0.3 is 5.73 Å². The van der Waals surface area contributed by atoms with E-state index in [9.17, 15) is 0 Å². The Hall–Kier alpha value is -2.19. The molecule has 0 aliphatic rings. The van der Waals surface area contributed by atoms with Crippen molar-refractivity contribution in [2.75, 3.05) is 0 Å². The van der Waals surface area contributed by atoms with E-state index < -0.39 is 0 Å². The van der Waals surface area contributed by atoms with E-state index in [1.165, 1.54) is 11.1 Å². The maximum absolute atomic E-state index is 6.10. The van der Waals surface area contributed by atoms with Crippen LogP contribution in [-0.2, 0) is 0 Å². The normalized spacial score (nSPS) is 12.5. The summed E-state index contributed by atoms with van der Waals surface area (Å²) in [6.07, 6.45) is 1.90. The zero-order valence-corrected chi connectivity index (χ0v) is 10.9. The minimum Gasteiger partial charge on any atom is -0.324 e. The van der Waals surface area contributed by atoms with Crippen molar-refractivity contribution in [3.05, 3.63) is 66.4 Å². The number of para-hydroxylation sites is 1. The maximum Gasteiger partial charge on any atom is 0.0708 e. The van der Waals surface area contributed by atoms with Crippen molar-refractivity contribution in [2.45, 2.75) is 13.0 Å². The molecule has 2 aromatic carbocycles. The third-order valence-corrected chi connectivity index (χ3v) is 3.36. The third kappa shape index (κ3) is 2.11. The lowest BCUT2D eigenvalue weighted by atomic mass is 9.93. The number of fused-ring (bicyclic) bond motifs is 1. The number of nitrogens with two attached hydrogens (primary N) is 1. The second-order valence-electron chi connectivity index (χ2n) is 4.76. The van der Waals surface area contributed by atoms with Gasteiger partial charge in [0.05, 0.1) is 5.52 Å². The summed E-state index contributed by atoms with van der Waals surface area (Å²) in [7, 11) is 0. The number of pyridine rings is 1. The Morgan fingerprint density at radius 3 is 2.37 bits per heavy atom. The van der Waals surface area contributed by atoms with Gasteiger partial charge in [0, 0.05) is 17.6 Å². The molecule has 0 amide bonds. The molecular formula is C17H16N2. The molecule has 3 rings (SSSR count). The highest BCUT2D eigenvalue weighted by atomic mass is 14.7. The molecule has 0 aliphatic carbocycles. The lowest BCUT2D eigenvalue weighted by Gasteiger charge is -2.15. The quantitative estimate of drug-likeness (QED) is 0.746. The number of rotatable bonds is 2. The van der Waals surface area contributed by atoms with Crippen molar-refractivity contribution in [3.63, 3.8) is 0 Å². The topological polar surface area (TPSA) is 38.9 Å². The zero-order chi connectivity index (χ0) is 13.2. The first-order valence-electron chi connectivity index (χ1n) is 6.46. The van der Waals surface area contributed by atoms with Crippen molar-refractivity contribution in [1.29, 1.82) is 0 Å². The lowest BCUT2D eigenvalue weighted by molar-refractivity contribution is 0.816. The van der Waals surface area contributed by atoms with Crippen molar-refractivity contribution < 1.29 is 0 Å². The summed E-state index contributed by atoms with van der Waals surface area (Å²) in [6, 6.07) is 18.5. The fourth-order valence-corrected chi connectivity index (χ4v) is 2.43. The van der Waals surface area contributed by atoms with Crippen LogP contribution in [0.3, 0.4) is 0 Å². The largest absolute Gasteiger partial charge is 0.324 e. The van der Waals surface area contributed by atoms with Gasteiger partial charge >= 0.3 is 0 Å². The van der Waals surface area contributed by atoms with E-state index in [4.69, 9.17) is 5.73 Å². The van der Waals surface area contributed by atoms with Gasteiger partial charge in [0.25, 0.3) is 0 Å². The molecule has 1 unspecified atom stereocenters. The van der Waals surface area contributed by atoms with Gasteiger partial charge in [-0.05, 0) is 29.7 Å². The second-order valence-corrected chi connectivity index (χ2v) is 4.76. The molecular weight excluding hydrogens is 232 g/mol. The van der Waals surface area contributed by atoms with Gasteiger partial charge in [-0.15, -0.1) is 0 Å². The van der Waals surface area contributed by atoms with Crippen LogP contribution in [0.25, 0.3) is 22.0 Å². The van der Waals surface area contributed by atoms with E-state index in [1.54, 1.807) is 0 Å². The molecule has 2 N–H and O–H groups in total. The van der Waals surface area contributed by atoms with Crippen molar-refractivity contribution in [3.8, 4) is 11.1 Å². The number of hydrogen-bond donors (Lipinski definition) is 1. The molecule has 0 fully saturated rings. The molecule has 19 heavy (non-hydrogen) atoms. The molecule has 2 nitrogen and oxygen atoms in total.